The molecule has 6 heteroatoms. The predicted molar refractivity (Wildman–Crippen MR) is 96.3 cm³/mol. The van der Waals surface area contributed by atoms with Crippen molar-refractivity contribution >= 4 is 17.5 Å². The Morgan fingerprint density at radius 2 is 2.00 bits per heavy atom. The predicted octanol–water partition coefficient (Wildman–Crippen LogP) is 3.18. The number of ether oxygens (including phenoxy) is 1. The summed E-state index contributed by atoms with van der Waals surface area (Å²) >= 11 is 0. The van der Waals surface area contributed by atoms with Crippen molar-refractivity contribution in [2.75, 3.05) is 11.9 Å². The molecular weight excluding hydrogens is 335 g/mol. The van der Waals surface area contributed by atoms with E-state index < -0.39 is 0 Å². The Kier molecular flexibility index (Phi) is 5.51. The largest absolute Gasteiger partial charge is 0.484 e. The van der Waals surface area contributed by atoms with Crippen LogP contribution in [-0.4, -0.2) is 18.4 Å². The molecule has 3 rings (SSSR count). The molecule has 0 radical (unpaired) electrons. The normalized spacial score (nSPS) is 13.2. The molecule has 0 heterocycles. The molecule has 0 saturated heterocycles. The van der Waals surface area contributed by atoms with Crippen LogP contribution in [0.15, 0.2) is 42.5 Å². The SMILES string of the molecule is Cc1cc(F)ccc1OCC(=O)NCc1cccc(NC(=O)C2CC2)c1. The van der Waals surface area contributed by atoms with Crippen LogP contribution < -0.4 is 15.4 Å². The van der Waals surface area contributed by atoms with E-state index in [4.69, 9.17) is 4.74 Å². The first-order valence-corrected chi connectivity index (χ1v) is 8.57. The minimum absolute atomic E-state index is 0.0502. The topological polar surface area (TPSA) is 67.4 Å². The maximum atomic E-state index is 13.1. The van der Waals surface area contributed by atoms with Gasteiger partial charge in [0.1, 0.15) is 11.6 Å². The third kappa shape index (κ3) is 5.05. The molecular formula is C20H21FN2O3. The Morgan fingerprint density at radius 1 is 1.19 bits per heavy atom. The van der Waals surface area contributed by atoms with Gasteiger partial charge in [0.15, 0.2) is 6.61 Å². The van der Waals surface area contributed by atoms with Gasteiger partial charge in [-0.3, -0.25) is 9.59 Å². The molecule has 1 saturated carbocycles. The van der Waals surface area contributed by atoms with E-state index in [2.05, 4.69) is 10.6 Å². The van der Waals surface area contributed by atoms with E-state index in [-0.39, 0.29) is 30.2 Å². The Morgan fingerprint density at radius 3 is 2.73 bits per heavy atom. The molecule has 26 heavy (non-hydrogen) atoms. The lowest BCUT2D eigenvalue weighted by atomic mass is 10.2. The first kappa shape index (κ1) is 17.9. The summed E-state index contributed by atoms with van der Waals surface area (Å²) in [5, 5.41) is 5.65. The number of hydrogen-bond donors (Lipinski definition) is 2. The van der Waals surface area contributed by atoms with Crippen molar-refractivity contribution in [3.05, 3.63) is 59.4 Å². The van der Waals surface area contributed by atoms with Gasteiger partial charge in [0, 0.05) is 18.2 Å². The van der Waals surface area contributed by atoms with Gasteiger partial charge >= 0.3 is 0 Å². The number of anilines is 1. The molecule has 2 N–H and O–H groups in total. The van der Waals surface area contributed by atoms with Crippen LogP contribution in [0.25, 0.3) is 0 Å². The van der Waals surface area contributed by atoms with E-state index in [0.717, 1.165) is 24.1 Å². The number of benzene rings is 2. The van der Waals surface area contributed by atoms with Crippen molar-refractivity contribution in [1.82, 2.24) is 5.32 Å². The second-order valence-corrected chi connectivity index (χ2v) is 6.44. The van der Waals surface area contributed by atoms with Gasteiger partial charge < -0.3 is 15.4 Å². The Labute approximate surface area is 151 Å². The number of rotatable bonds is 7. The summed E-state index contributed by atoms with van der Waals surface area (Å²) in [7, 11) is 0. The summed E-state index contributed by atoms with van der Waals surface area (Å²) in [4.78, 5) is 23.7. The number of nitrogens with one attached hydrogen (secondary N) is 2. The summed E-state index contributed by atoms with van der Waals surface area (Å²) in [6.07, 6.45) is 1.91. The third-order valence-electron chi connectivity index (χ3n) is 4.13. The number of halogens is 1. The summed E-state index contributed by atoms with van der Waals surface area (Å²) in [5.41, 5.74) is 2.24. The quantitative estimate of drug-likeness (QED) is 0.801. The Balaban J connectivity index is 1.47. The second kappa shape index (κ2) is 7.99. The molecule has 0 aliphatic heterocycles. The van der Waals surface area contributed by atoms with Crippen molar-refractivity contribution in [3.63, 3.8) is 0 Å². The van der Waals surface area contributed by atoms with Crippen LogP contribution >= 0.6 is 0 Å². The van der Waals surface area contributed by atoms with Crippen LogP contribution in [0.1, 0.15) is 24.0 Å². The highest BCUT2D eigenvalue weighted by Crippen LogP contribution is 2.30. The highest BCUT2D eigenvalue weighted by Gasteiger charge is 2.29. The van der Waals surface area contributed by atoms with Crippen LogP contribution in [0.5, 0.6) is 5.75 Å². The third-order valence-corrected chi connectivity index (χ3v) is 4.13. The van der Waals surface area contributed by atoms with Gasteiger partial charge in [-0.1, -0.05) is 12.1 Å². The van der Waals surface area contributed by atoms with Crippen LogP contribution in [0.4, 0.5) is 10.1 Å². The maximum Gasteiger partial charge on any atom is 0.258 e. The van der Waals surface area contributed by atoms with Crippen LogP contribution in [-0.2, 0) is 16.1 Å². The Hall–Kier alpha value is -2.89. The minimum atomic E-state index is -0.340. The molecule has 0 bridgehead atoms. The molecule has 1 fully saturated rings. The first-order valence-electron chi connectivity index (χ1n) is 8.57. The maximum absolute atomic E-state index is 13.1. The summed E-state index contributed by atoms with van der Waals surface area (Å²) in [5.74, 6) is 0.0557. The Bertz CT molecular complexity index is 818. The van der Waals surface area contributed by atoms with Gasteiger partial charge in [0.2, 0.25) is 5.91 Å². The molecule has 2 aromatic carbocycles. The minimum Gasteiger partial charge on any atom is -0.484 e. The molecule has 5 nitrogen and oxygen atoms in total. The smallest absolute Gasteiger partial charge is 0.258 e. The highest BCUT2D eigenvalue weighted by atomic mass is 19.1. The van der Waals surface area contributed by atoms with Crippen molar-refractivity contribution in [2.24, 2.45) is 5.92 Å². The van der Waals surface area contributed by atoms with E-state index in [9.17, 15) is 14.0 Å². The molecule has 2 aromatic rings. The summed E-state index contributed by atoms with van der Waals surface area (Å²) in [6.45, 7) is 1.90. The van der Waals surface area contributed by atoms with Gasteiger partial charge in [-0.05, 0) is 61.2 Å². The van der Waals surface area contributed by atoms with Crippen LogP contribution in [0.3, 0.4) is 0 Å². The molecule has 0 aromatic heterocycles. The van der Waals surface area contributed by atoms with Gasteiger partial charge in [0.05, 0.1) is 0 Å². The van der Waals surface area contributed by atoms with Crippen LogP contribution in [0, 0.1) is 18.7 Å². The average Bonchev–Trinajstić information content (AvgIpc) is 3.45. The first-order chi connectivity index (χ1) is 12.5. The van der Waals surface area contributed by atoms with Gasteiger partial charge in [-0.2, -0.15) is 0 Å². The number of carbonyl (C=O) groups is 2. The molecule has 0 spiro atoms. The number of carbonyl (C=O) groups excluding carboxylic acids is 2. The van der Waals surface area contributed by atoms with Crippen molar-refractivity contribution < 1.29 is 18.7 Å². The molecule has 1 aliphatic carbocycles. The average molecular weight is 356 g/mol. The number of aryl methyl sites for hydroxylation is 1. The monoisotopic (exact) mass is 356 g/mol. The zero-order valence-electron chi connectivity index (χ0n) is 14.5. The lowest BCUT2D eigenvalue weighted by Crippen LogP contribution is -2.28. The standard InChI is InChI=1S/C20H21FN2O3/c1-13-9-16(21)7-8-18(13)26-12-19(24)22-11-14-3-2-4-17(10-14)23-20(25)15-5-6-15/h2-4,7-10,15H,5-6,11-12H2,1H3,(H,22,24)(H,23,25). The second-order valence-electron chi connectivity index (χ2n) is 6.44. The van der Waals surface area contributed by atoms with Crippen molar-refractivity contribution in [1.29, 1.82) is 0 Å². The van der Waals surface area contributed by atoms with Crippen molar-refractivity contribution in [3.8, 4) is 5.75 Å². The van der Waals surface area contributed by atoms with E-state index in [1.807, 2.05) is 24.3 Å². The fraction of sp³-hybridized carbons (Fsp3) is 0.300. The summed E-state index contributed by atoms with van der Waals surface area (Å²) in [6, 6.07) is 11.5. The van der Waals surface area contributed by atoms with Gasteiger partial charge in [-0.25, -0.2) is 4.39 Å². The molecule has 136 valence electrons. The van der Waals surface area contributed by atoms with Crippen molar-refractivity contribution in [2.45, 2.75) is 26.3 Å². The number of hydrogen-bond acceptors (Lipinski definition) is 3. The number of amides is 2. The van der Waals surface area contributed by atoms with E-state index >= 15 is 0 Å². The van der Waals surface area contributed by atoms with E-state index in [1.54, 1.807) is 6.92 Å². The van der Waals surface area contributed by atoms with Crippen LogP contribution in [0.2, 0.25) is 0 Å². The fourth-order valence-electron chi connectivity index (χ4n) is 2.52. The van der Waals surface area contributed by atoms with Gasteiger partial charge in [0.25, 0.3) is 5.91 Å². The molecule has 0 atom stereocenters. The molecule has 2 amide bonds. The zero-order valence-corrected chi connectivity index (χ0v) is 14.5. The fourth-order valence-corrected chi connectivity index (χ4v) is 2.52. The molecule has 1 aliphatic rings. The molecule has 0 unspecified atom stereocenters. The zero-order chi connectivity index (χ0) is 18.5. The van der Waals surface area contributed by atoms with Gasteiger partial charge in [-0.15, -0.1) is 0 Å². The summed E-state index contributed by atoms with van der Waals surface area (Å²) < 4.78 is 18.5. The van der Waals surface area contributed by atoms with E-state index in [1.165, 1.54) is 18.2 Å². The van der Waals surface area contributed by atoms with E-state index in [0.29, 0.717) is 17.9 Å². The lowest BCUT2D eigenvalue weighted by molar-refractivity contribution is -0.123. The lowest BCUT2D eigenvalue weighted by Gasteiger charge is -2.10. The highest BCUT2D eigenvalue weighted by molar-refractivity contribution is 5.94.